The van der Waals surface area contributed by atoms with Gasteiger partial charge in [0.15, 0.2) is 0 Å². The van der Waals surface area contributed by atoms with Crippen molar-refractivity contribution in [1.29, 1.82) is 0 Å². The molecule has 1 aromatic rings. The lowest BCUT2D eigenvalue weighted by atomic mass is 10.1. The van der Waals surface area contributed by atoms with Crippen LogP contribution in [-0.4, -0.2) is 24.2 Å². The first-order chi connectivity index (χ1) is 9.47. The molecular weight excluding hydrogens is 272 g/mol. The Morgan fingerprint density at radius 2 is 1.85 bits per heavy atom. The minimum atomic E-state index is -0.417. The molecule has 0 aromatic heterocycles. The number of carbonyl (C=O) groups is 2. The van der Waals surface area contributed by atoms with Crippen LogP contribution in [-0.2, 0) is 4.79 Å². The number of urea groups is 1. The van der Waals surface area contributed by atoms with Gasteiger partial charge in [0.1, 0.15) is 0 Å². The first-order valence-corrected chi connectivity index (χ1v) is 7.73. The molecule has 0 bridgehead atoms. The number of hydrogen-bond donors (Lipinski definition) is 2. The maximum atomic E-state index is 11.6. The van der Waals surface area contributed by atoms with E-state index >= 15 is 0 Å². The number of hydrogen-bond acceptors (Lipinski definition) is 3. The number of amides is 3. The van der Waals surface area contributed by atoms with E-state index in [-0.39, 0.29) is 11.7 Å². The van der Waals surface area contributed by atoms with Crippen LogP contribution in [0.4, 0.5) is 4.79 Å². The second-order valence-corrected chi connectivity index (χ2v) is 6.14. The van der Waals surface area contributed by atoms with Gasteiger partial charge in [0.05, 0.1) is 5.75 Å². The first kappa shape index (κ1) is 16.6. The highest BCUT2D eigenvalue weighted by molar-refractivity contribution is 8.00. The molecule has 3 amide bonds. The highest BCUT2D eigenvalue weighted by atomic mass is 32.2. The molecule has 0 heterocycles. The van der Waals surface area contributed by atoms with Crippen molar-refractivity contribution in [3.63, 3.8) is 0 Å². The van der Waals surface area contributed by atoms with Crippen molar-refractivity contribution >= 4 is 23.7 Å². The van der Waals surface area contributed by atoms with Crippen LogP contribution in [0.5, 0.6) is 0 Å². The van der Waals surface area contributed by atoms with Gasteiger partial charge in [-0.05, 0) is 31.4 Å². The van der Waals surface area contributed by atoms with E-state index in [1.165, 1.54) is 17.3 Å². The van der Waals surface area contributed by atoms with Crippen molar-refractivity contribution in [3.05, 3.63) is 29.8 Å². The van der Waals surface area contributed by atoms with E-state index < -0.39 is 6.03 Å². The predicted octanol–water partition coefficient (Wildman–Crippen LogP) is 2.96. The van der Waals surface area contributed by atoms with Gasteiger partial charge in [-0.15, -0.1) is 11.8 Å². The third-order valence-corrected chi connectivity index (χ3v) is 3.66. The van der Waals surface area contributed by atoms with Gasteiger partial charge in [-0.1, -0.05) is 31.5 Å². The number of carbonyl (C=O) groups excluding carboxylic acids is 2. The van der Waals surface area contributed by atoms with Crippen molar-refractivity contribution < 1.29 is 9.59 Å². The maximum absolute atomic E-state index is 11.6. The predicted molar refractivity (Wildman–Crippen MR) is 82.9 cm³/mol. The Hall–Kier alpha value is -1.49. The largest absolute Gasteiger partial charge is 0.338 e. The van der Waals surface area contributed by atoms with Crippen molar-refractivity contribution in [1.82, 2.24) is 10.6 Å². The fraction of sp³-hybridized carbons (Fsp3) is 0.467. The van der Waals surface area contributed by atoms with E-state index in [1.54, 1.807) is 0 Å². The van der Waals surface area contributed by atoms with Gasteiger partial charge < -0.3 is 5.32 Å². The molecule has 1 rings (SSSR count). The fourth-order valence-electron chi connectivity index (χ4n) is 1.46. The Kier molecular flexibility index (Phi) is 7.15. The summed E-state index contributed by atoms with van der Waals surface area (Å²) in [6, 6.07) is 7.52. The third kappa shape index (κ3) is 7.19. The van der Waals surface area contributed by atoms with E-state index in [2.05, 4.69) is 24.5 Å². The normalized spacial score (nSPS) is 10.4. The molecular formula is C15H22N2O2S. The number of imide groups is 1. The van der Waals surface area contributed by atoms with E-state index in [4.69, 9.17) is 0 Å². The van der Waals surface area contributed by atoms with Crippen LogP contribution in [0.2, 0.25) is 0 Å². The van der Waals surface area contributed by atoms with Gasteiger partial charge in [-0.2, -0.15) is 0 Å². The number of rotatable bonds is 6. The smallest absolute Gasteiger partial charge is 0.321 e. The zero-order valence-corrected chi connectivity index (χ0v) is 13.0. The second-order valence-electron chi connectivity index (χ2n) is 5.09. The molecule has 0 saturated carbocycles. The molecule has 0 radical (unpaired) electrons. The topological polar surface area (TPSA) is 58.2 Å². The van der Waals surface area contributed by atoms with Gasteiger partial charge in [-0.25, -0.2) is 4.79 Å². The van der Waals surface area contributed by atoms with Crippen LogP contribution in [0.3, 0.4) is 0 Å². The second kappa shape index (κ2) is 8.64. The molecule has 0 fully saturated rings. The van der Waals surface area contributed by atoms with E-state index in [9.17, 15) is 9.59 Å². The Bertz CT molecular complexity index is 444. The Morgan fingerprint density at radius 1 is 1.20 bits per heavy atom. The molecule has 0 aliphatic heterocycles. The molecule has 4 nitrogen and oxygen atoms in total. The Balaban J connectivity index is 2.22. The van der Waals surface area contributed by atoms with Crippen LogP contribution >= 0.6 is 11.8 Å². The molecule has 110 valence electrons. The summed E-state index contributed by atoms with van der Waals surface area (Å²) in [6.07, 6.45) is 0.903. The van der Waals surface area contributed by atoms with E-state index in [1.807, 2.05) is 31.2 Å². The molecule has 1 aromatic carbocycles. The van der Waals surface area contributed by atoms with Crippen LogP contribution in [0.15, 0.2) is 29.2 Å². The lowest BCUT2D eigenvalue weighted by Crippen LogP contribution is -2.40. The van der Waals surface area contributed by atoms with Gasteiger partial charge in [0.25, 0.3) is 0 Å². The summed E-state index contributed by atoms with van der Waals surface area (Å²) < 4.78 is 0. The molecule has 5 heteroatoms. The van der Waals surface area contributed by atoms with Gasteiger partial charge in [0, 0.05) is 11.4 Å². The molecule has 0 saturated heterocycles. The summed E-state index contributed by atoms with van der Waals surface area (Å²) >= 11 is 1.42. The molecule has 0 spiro atoms. The zero-order chi connectivity index (χ0) is 15.0. The summed E-state index contributed by atoms with van der Waals surface area (Å²) in [7, 11) is 0. The zero-order valence-electron chi connectivity index (χ0n) is 12.2. The molecule has 0 aliphatic rings. The summed E-state index contributed by atoms with van der Waals surface area (Å²) in [5, 5.41) is 5.00. The minimum Gasteiger partial charge on any atom is -0.338 e. The van der Waals surface area contributed by atoms with Gasteiger partial charge in [-0.3, -0.25) is 10.1 Å². The van der Waals surface area contributed by atoms with E-state index in [0.717, 1.165) is 11.3 Å². The number of thioether (sulfide) groups is 1. The highest BCUT2D eigenvalue weighted by Gasteiger charge is 2.07. The standard InChI is InChI=1S/C15H22N2O2S/c1-11(2)8-9-16-15(19)17-14(18)10-20-13-6-4-12(3)5-7-13/h4-7,11H,8-10H2,1-3H3,(H2,16,17,18,19). The summed E-state index contributed by atoms with van der Waals surface area (Å²) in [6.45, 7) is 6.77. The van der Waals surface area contributed by atoms with Crippen LogP contribution in [0, 0.1) is 12.8 Å². The maximum Gasteiger partial charge on any atom is 0.321 e. The molecule has 0 unspecified atom stereocenters. The van der Waals surface area contributed by atoms with Crippen molar-refractivity contribution in [2.75, 3.05) is 12.3 Å². The summed E-state index contributed by atoms with van der Waals surface area (Å²) in [5.41, 5.74) is 1.18. The van der Waals surface area contributed by atoms with Crippen LogP contribution in [0.1, 0.15) is 25.8 Å². The average Bonchev–Trinajstić information content (AvgIpc) is 2.37. The van der Waals surface area contributed by atoms with Crippen LogP contribution in [0.25, 0.3) is 0 Å². The van der Waals surface area contributed by atoms with Gasteiger partial charge >= 0.3 is 6.03 Å². The van der Waals surface area contributed by atoms with Gasteiger partial charge in [0.2, 0.25) is 5.91 Å². The minimum absolute atomic E-state index is 0.237. The van der Waals surface area contributed by atoms with Crippen molar-refractivity contribution in [3.8, 4) is 0 Å². The lowest BCUT2D eigenvalue weighted by Gasteiger charge is -2.08. The quantitative estimate of drug-likeness (QED) is 0.793. The third-order valence-electron chi connectivity index (χ3n) is 2.65. The number of aryl methyl sites for hydroxylation is 1. The summed E-state index contributed by atoms with van der Waals surface area (Å²) in [4.78, 5) is 24.1. The fourth-order valence-corrected chi connectivity index (χ4v) is 2.16. The first-order valence-electron chi connectivity index (χ1n) is 6.74. The average molecular weight is 294 g/mol. The Labute approximate surface area is 124 Å². The molecule has 20 heavy (non-hydrogen) atoms. The molecule has 0 aliphatic carbocycles. The molecule has 2 N–H and O–H groups in total. The summed E-state index contributed by atoms with van der Waals surface area (Å²) in [5.74, 6) is 0.487. The van der Waals surface area contributed by atoms with Crippen molar-refractivity contribution in [2.45, 2.75) is 32.1 Å². The highest BCUT2D eigenvalue weighted by Crippen LogP contribution is 2.17. The Morgan fingerprint density at radius 3 is 2.45 bits per heavy atom. The van der Waals surface area contributed by atoms with E-state index in [0.29, 0.717) is 12.5 Å². The number of nitrogens with one attached hydrogen (secondary N) is 2. The molecule has 0 atom stereocenters. The van der Waals surface area contributed by atoms with Crippen molar-refractivity contribution in [2.24, 2.45) is 5.92 Å². The monoisotopic (exact) mass is 294 g/mol. The SMILES string of the molecule is Cc1ccc(SCC(=O)NC(=O)NCCC(C)C)cc1. The number of benzene rings is 1. The lowest BCUT2D eigenvalue weighted by molar-refractivity contribution is -0.117. The van der Waals surface area contributed by atoms with Crippen LogP contribution < -0.4 is 10.6 Å².